The first kappa shape index (κ1) is 22.7. The van der Waals surface area contributed by atoms with E-state index in [0.29, 0.717) is 34.5 Å². The molecular weight excluding hydrogens is 480 g/mol. The molecule has 0 spiro atoms. The molecule has 35 heavy (non-hydrogen) atoms. The van der Waals surface area contributed by atoms with Crippen LogP contribution in [0.2, 0.25) is 0 Å². The van der Waals surface area contributed by atoms with Crippen LogP contribution in [0.1, 0.15) is 35.6 Å². The Labute approximate surface area is 212 Å². The number of fused-ring (bicyclic) bond motifs is 6. The Morgan fingerprint density at radius 2 is 1.83 bits per heavy atom. The smallest absolute Gasteiger partial charge is 0.308 e. The summed E-state index contributed by atoms with van der Waals surface area (Å²) in [5.41, 5.74) is 1.90. The number of hydrogen-bond acceptors (Lipinski definition) is 6. The van der Waals surface area contributed by atoms with Crippen molar-refractivity contribution in [2.24, 2.45) is 17.8 Å². The Hall–Kier alpha value is -2.71. The highest BCUT2D eigenvalue weighted by Crippen LogP contribution is 2.64. The number of carbonyl (C=O) groups is 1. The van der Waals surface area contributed by atoms with Gasteiger partial charge in [-0.15, -0.1) is 11.8 Å². The van der Waals surface area contributed by atoms with Crippen LogP contribution in [0, 0.1) is 17.8 Å². The lowest BCUT2D eigenvalue weighted by Gasteiger charge is -2.40. The van der Waals surface area contributed by atoms with Crippen molar-refractivity contribution in [3.05, 3.63) is 68.6 Å². The van der Waals surface area contributed by atoms with Crippen molar-refractivity contribution in [3.8, 4) is 11.5 Å². The van der Waals surface area contributed by atoms with Crippen LogP contribution in [0.4, 0.5) is 5.69 Å². The molecule has 2 aromatic carbocycles. The van der Waals surface area contributed by atoms with Crippen molar-refractivity contribution >= 4 is 34.7 Å². The maximum absolute atomic E-state index is 13.2. The van der Waals surface area contributed by atoms with E-state index in [1.165, 1.54) is 30.6 Å². The maximum Gasteiger partial charge on any atom is 0.308 e. The molecule has 2 heterocycles. The van der Waals surface area contributed by atoms with Crippen LogP contribution in [-0.4, -0.2) is 29.9 Å². The third kappa shape index (κ3) is 3.87. The van der Waals surface area contributed by atoms with E-state index in [9.17, 15) is 9.59 Å². The molecule has 1 amide bonds. The highest BCUT2D eigenvalue weighted by atomic mass is 32.2. The number of ether oxygens (including phenoxy) is 2. The molecule has 6 nitrogen and oxygen atoms in total. The molecule has 5 atom stereocenters. The highest BCUT2D eigenvalue weighted by Gasteiger charge is 2.55. The average Bonchev–Trinajstić information content (AvgIpc) is 3.57. The second-order valence-corrected chi connectivity index (χ2v) is 11.8. The number of thioether (sulfide) groups is 1. The quantitative estimate of drug-likeness (QED) is 0.495. The molecular formula is C27H28N2O4S2. The van der Waals surface area contributed by atoms with Crippen LogP contribution in [0.3, 0.4) is 0 Å². The molecule has 1 aliphatic heterocycles. The molecule has 2 fully saturated rings. The Bertz CT molecular complexity index is 1320. The SMILES string of the molecule is COc1ccc([C@H]2c3sc(=O)n(CC(=O)Nc4ccccc4)c3SC3C4CCC(C4)C32)cc1OC. The highest BCUT2D eigenvalue weighted by molar-refractivity contribution is 8.00. The first-order valence-electron chi connectivity index (χ1n) is 12.0. The maximum atomic E-state index is 13.2. The van der Waals surface area contributed by atoms with Crippen LogP contribution in [-0.2, 0) is 11.3 Å². The van der Waals surface area contributed by atoms with E-state index in [4.69, 9.17) is 9.47 Å². The van der Waals surface area contributed by atoms with Crippen LogP contribution < -0.4 is 19.7 Å². The zero-order valence-corrected chi connectivity index (χ0v) is 21.4. The third-order valence-electron chi connectivity index (χ3n) is 7.82. The van der Waals surface area contributed by atoms with Crippen molar-refractivity contribution < 1.29 is 14.3 Å². The minimum Gasteiger partial charge on any atom is -0.493 e. The van der Waals surface area contributed by atoms with Gasteiger partial charge in [0.25, 0.3) is 0 Å². The molecule has 0 saturated heterocycles. The van der Waals surface area contributed by atoms with Gasteiger partial charge in [-0.1, -0.05) is 35.6 Å². The van der Waals surface area contributed by atoms with E-state index in [-0.39, 0.29) is 23.2 Å². The number of hydrogen-bond donors (Lipinski definition) is 1. The fourth-order valence-corrected chi connectivity index (χ4v) is 9.52. The van der Waals surface area contributed by atoms with Crippen molar-refractivity contribution in [1.82, 2.24) is 4.57 Å². The number of carbonyl (C=O) groups excluding carboxylic acids is 1. The topological polar surface area (TPSA) is 69.6 Å². The van der Waals surface area contributed by atoms with Gasteiger partial charge in [0.1, 0.15) is 6.54 Å². The van der Waals surface area contributed by atoms with Gasteiger partial charge >= 0.3 is 4.87 Å². The second-order valence-electron chi connectivity index (χ2n) is 9.62. The number of nitrogens with zero attached hydrogens (tertiary/aromatic N) is 1. The van der Waals surface area contributed by atoms with E-state index < -0.39 is 0 Å². The van der Waals surface area contributed by atoms with Crippen LogP contribution in [0.25, 0.3) is 0 Å². The van der Waals surface area contributed by atoms with E-state index in [1.54, 1.807) is 18.8 Å². The molecule has 2 aliphatic carbocycles. The Kier molecular flexibility index (Phi) is 5.89. The van der Waals surface area contributed by atoms with Crippen LogP contribution in [0.5, 0.6) is 11.5 Å². The lowest BCUT2D eigenvalue weighted by molar-refractivity contribution is -0.116. The Balaban J connectivity index is 1.40. The molecule has 0 radical (unpaired) electrons. The third-order valence-corrected chi connectivity index (χ3v) is 10.6. The van der Waals surface area contributed by atoms with Crippen molar-refractivity contribution in [2.75, 3.05) is 19.5 Å². The van der Waals surface area contributed by atoms with E-state index >= 15 is 0 Å². The Morgan fingerprint density at radius 1 is 1.06 bits per heavy atom. The summed E-state index contributed by atoms with van der Waals surface area (Å²) >= 11 is 3.14. The number of methoxy groups -OCH3 is 2. The lowest BCUT2D eigenvalue weighted by Crippen LogP contribution is -2.34. The molecule has 4 unspecified atom stereocenters. The van der Waals surface area contributed by atoms with E-state index in [2.05, 4.69) is 17.4 Å². The van der Waals surface area contributed by atoms with Gasteiger partial charge in [-0.25, -0.2) is 0 Å². The second kappa shape index (κ2) is 9.06. The molecule has 3 aromatic rings. The van der Waals surface area contributed by atoms with Crippen molar-refractivity contribution in [3.63, 3.8) is 0 Å². The molecule has 2 bridgehead atoms. The number of amides is 1. The summed E-state index contributed by atoms with van der Waals surface area (Å²) in [6, 6.07) is 15.5. The van der Waals surface area contributed by atoms with Gasteiger partial charge in [-0.3, -0.25) is 14.2 Å². The van der Waals surface area contributed by atoms with Gasteiger partial charge in [0.15, 0.2) is 11.5 Å². The zero-order chi connectivity index (χ0) is 24.1. The van der Waals surface area contributed by atoms with Gasteiger partial charge < -0.3 is 14.8 Å². The van der Waals surface area contributed by atoms with Gasteiger partial charge in [-0.2, -0.15) is 0 Å². The lowest BCUT2D eigenvalue weighted by atomic mass is 9.75. The fourth-order valence-electron chi connectivity index (χ4n) is 6.37. The number of anilines is 1. The van der Waals surface area contributed by atoms with Crippen molar-refractivity contribution in [1.29, 1.82) is 0 Å². The number of nitrogens with one attached hydrogen (secondary N) is 1. The zero-order valence-electron chi connectivity index (χ0n) is 19.7. The summed E-state index contributed by atoms with van der Waals surface area (Å²) in [6.07, 6.45) is 3.79. The first-order valence-corrected chi connectivity index (χ1v) is 13.7. The largest absolute Gasteiger partial charge is 0.493 e. The summed E-state index contributed by atoms with van der Waals surface area (Å²) in [4.78, 5) is 27.1. The normalized spacial score (nSPS) is 26.2. The predicted molar refractivity (Wildman–Crippen MR) is 139 cm³/mol. The van der Waals surface area contributed by atoms with Gasteiger partial charge in [0.2, 0.25) is 5.91 Å². The van der Waals surface area contributed by atoms with Crippen LogP contribution in [0.15, 0.2) is 58.4 Å². The molecule has 1 N–H and O–H groups in total. The standard InChI is InChI=1S/C27H28N2O4S2/c1-32-19-11-10-16(13-20(19)33-2)23-22-15-8-9-17(12-15)24(22)34-26-25(23)35-27(31)29(26)14-21(30)28-18-6-4-3-5-7-18/h3-7,10-11,13,15,17,22-24H,8-9,12,14H2,1-2H3,(H,28,30)/t15?,17?,22?,23-,24?/m1/s1. The molecule has 1 aromatic heterocycles. The summed E-state index contributed by atoms with van der Waals surface area (Å²) in [7, 11) is 3.30. The Morgan fingerprint density at radius 3 is 2.60 bits per heavy atom. The summed E-state index contributed by atoms with van der Waals surface area (Å²) in [5.74, 6) is 3.20. The monoisotopic (exact) mass is 508 g/mol. The average molecular weight is 509 g/mol. The fraction of sp³-hybridized carbons (Fsp3) is 0.407. The number of benzene rings is 2. The minimum atomic E-state index is -0.183. The summed E-state index contributed by atoms with van der Waals surface area (Å²) < 4.78 is 12.8. The van der Waals surface area contributed by atoms with Crippen molar-refractivity contribution in [2.45, 2.75) is 42.0 Å². The number of thiazole rings is 1. The van der Waals surface area contributed by atoms with E-state index in [1.807, 2.05) is 48.2 Å². The molecule has 8 heteroatoms. The molecule has 2 saturated carbocycles. The first-order chi connectivity index (χ1) is 17.1. The van der Waals surface area contributed by atoms with Gasteiger partial charge in [-0.05, 0) is 66.8 Å². The minimum absolute atomic E-state index is 0.0245. The van der Waals surface area contributed by atoms with Gasteiger partial charge in [0.05, 0.1) is 19.2 Å². The number of para-hydroxylation sites is 1. The molecule has 6 rings (SSSR count). The number of aromatic nitrogens is 1. The molecule has 3 aliphatic rings. The van der Waals surface area contributed by atoms with Gasteiger partial charge in [0, 0.05) is 21.7 Å². The summed E-state index contributed by atoms with van der Waals surface area (Å²) in [6.45, 7) is 0.0245. The summed E-state index contributed by atoms with van der Waals surface area (Å²) in [5, 5.41) is 4.36. The van der Waals surface area contributed by atoms with Crippen LogP contribution >= 0.6 is 23.1 Å². The molecule has 182 valence electrons. The number of rotatable bonds is 6. The van der Waals surface area contributed by atoms with E-state index in [0.717, 1.165) is 21.2 Å². The predicted octanol–water partition coefficient (Wildman–Crippen LogP) is 5.22.